The first kappa shape index (κ1) is 44.1. The van der Waals surface area contributed by atoms with Gasteiger partial charge >= 0.3 is 18.0 Å². The molecule has 0 aliphatic heterocycles. The molecule has 6 rings (SSSR count). The first-order valence-corrected chi connectivity index (χ1v) is 24.3. The lowest BCUT2D eigenvalue weighted by atomic mass is 9.76. The Kier molecular flexibility index (Phi) is 15.7. The van der Waals surface area contributed by atoms with E-state index in [1.165, 1.54) is 0 Å². The highest BCUT2D eigenvalue weighted by Crippen LogP contribution is 2.37. The number of amides is 1. The van der Waals surface area contributed by atoms with Gasteiger partial charge in [0.2, 0.25) is 0 Å². The maximum atomic E-state index is 14.3. The maximum Gasteiger partial charge on any atom is 0.408 e. The number of hydrogen-bond donors (Lipinski definition) is 2. The molecule has 9 nitrogen and oxygen atoms in total. The van der Waals surface area contributed by atoms with Crippen LogP contribution in [0.3, 0.4) is 0 Å². The predicted octanol–water partition coefficient (Wildman–Crippen LogP) is 9.48. The molecular formula is C51H54N2O7Si. The van der Waals surface area contributed by atoms with Crippen LogP contribution in [0.4, 0.5) is 4.79 Å². The molecule has 1 amide bonds. The molecule has 6 aromatic rings. The highest BCUT2D eigenvalue weighted by molar-refractivity contribution is 6.76. The summed E-state index contributed by atoms with van der Waals surface area (Å²) in [6.45, 7) is 6.91. The van der Waals surface area contributed by atoms with Crippen molar-refractivity contribution in [2.24, 2.45) is 0 Å². The van der Waals surface area contributed by atoms with Crippen molar-refractivity contribution in [2.45, 2.75) is 62.9 Å². The Morgan fingerprint density at radius 3 is 1.51 bits per heavy atom. The lowest BCUT2D eigenvalue weighted by molar-refractivity contribution is -0.149. The van der Waals surface area contributed by atoms with Gasteiger partial charge in [0.05, 0.1) is 12.1 Å². The number of benzene rings is 6. The lowest BCUT2D eigenvalue weighted by Gasteiger charge is -2.39. The van der Waals surface area contributed by atoms with Crippen molar-refractivity contribution in [3.63, 3.8) is 0 Å². The molecule has 6 aromatic carbocycles. The predicted molar refractivity (Wildman–Crippen MR) is 241 cm³/mol. The van der Waals surface area contributed by atoms with Crippen molar-refractivity contribution < 1.29 is 33.3 Å². The molecule has 61 heavy (non-hydrogen) atoms. The average Bonchev–Trinajstić information content (AvgIpc) is 3.29. The lowest BCUT2D eigenvalue weighted by Crippen LogP contribution is -2.55. The van der Waals surface area contributed by atoms with E-state index in [9.17, 15) is 14.4 Å². The molecule has 0 unspecified atom stereocenters. The average molecular weight is 835 g/mol. The van der Waals surface area contributed by atoms with Crippen LogP contribution >= 0.6 is 0 Å². The Balaban J connectivity index is 1.26. The SMILES string of the molecule is C[Si](C)(C)CCOC(=O)[C@H](Cc1cccc(OC[C@H](NC(c2ccccc2)(c2ccccc2)c2ccccc2)C(=O)OCc2ccccc2)c1)NC(=O)OCc1ccccc1. The third-order valence-corrected chi connectivity index (χ3v) is 11.9. The fraction of sp³-hybridized carbons (Fsp3) is 0.235. The van der Waals surface area contributed by atoms with Crippen LogP contribution in [0.25, 0.3) is 0 Å². The second kappa shape index (κ2) is 21.7. The van der Waals surface area contributed by atoms with E-state index in [0.717, 1.165) is 33.9 Å². The zero-order chi connectivity index (χ0) is 42.9. The highest BCUT2D eigenvalue weighted by Gasteiger charge is 2.40. The van der Waals surface area contributed by atoms with E-state index in [2.05, 4.69) is 30.3 Å². The largest absolute Gasteiger partial charge is 0.491 e. The number of carbonyl (C=O) groups is 3. The van der Waals surface area contributed by atoms with Gasteiger partial charge in [-0.1, -0.05) is 183 Å². The van der Waals surface area contributed by atoms with Gasteiger partial charge in [-0.3, -0.25) is 10.1 Å². The molecule has 0 saturated carbocycles. The molecule has 0 bridgehead atoms. The number of nitrogens with one attached hydrogen (secondary N) is 2. The zero-order valence-electron chi connectivity index (χ0n) is 35.0. The van der Waals surface area contributed by atoms with Crippen molar-refractivity contribution in [3.8, 4) is 5.75 Å². The number of rotatable bonds is 20. The first-order chi connectivity index (χ1) is 29.6. The molecule has 0 heterocycles. The second-order valence-corrected chi connectivity index (χ2v) is 21.7. The fourth-order valence-corrected chi connectivity index (χ4v) is 7.62. The summed E-state index contributed by atoms with van der Waals surface area (Å²) in [5, 5.41) is 6.47. The van der Waals surface area contributed by atoms with Gasteiger partial charge in [-0.2, -0.15) is 0 Å². The number of alkyl carbamates (subject to hydrolysis) is 1. The number of carbonyl (C=O) groups excluding carboxylic acids is 3. The topological polar surface area (TPSA) is 112 Å². The van der Waals surface area contributed by atoms with Crippen molar-refractivity contribution in [2.75, 3.05) is 13.2 Å². The third kappa shape index (κ3) is 13.0. The van der Waals surface area contributed by atoms with E-state index in [1.807, 2.05) is 164 Å². The van der Waals surface area contributed by atoms with Gasteiger partial charge in [0, 0.05) is 14.5 Å². The van der Waals surface area contributed by atoms with Crippen LogP contribution in [-0.2, 0) is 49.0 Å². The summed E-state index contributed by atoms with van der Waals surface area (Å²) in [5.74, 6) is -0.584. The van der Waals surface area contributed by atoms with Gasteiger partial charge in [-0.05, 0) is 51.6 Å². The van der Waals surface area contributed by atoms with Crippen molar-refractivity contribution in [1.82, 2.24) is 10.6 Å². The quantitative estimate of drug-likeness (QED) is 0.0339. The summed E-state index contributed by atoms with van der Waals surface area (Å²) in [4.78, 5) is 40.8. The van der Waals surface area contributed by atoms with Gasteiger partial charge in [-0.15, -0.1) is 0 Å². The van der Waals surface area contributed by atoms with Crippen LogP contribution in [0.1, 0.15) is 33.4 Å². The zero-order valence-corrected chi connectivity index (χ0v) is 36.0. The molecule has 0 saturated heterocycles. The van der Waals surface area contributed by atoms with Crippen LogP contribution in [0.15, 0.2) is 176 Å². The van der Waals surface area contributed by atoms with Crippen molar-refractivity contribution in [1.29, 1.82) is 0 Å². The molecular weight excluding hydrogens is 781 g/mol. The normalized spacial score (nSPS) is 12.4. The van der Waals surface area contributed by atoms with Crippen LogP contribution in [0, 0.1) is 0 Å². The summed E-state index contributed by atoms with van der Waals surface area (Å²) < 4.78 is 23.6. The minimum absolute atomic E-state index is 0.0521. The van der Waals surface area contributed by atoms with Gasteiger partial charge in [0.15, 0.2) is 0 Å². The first-order valence-electron chi connectivity index (χ1n) is 20.6. The Morgan fingerprint density at radius 2 is 1.00 bits per heavy atom. The maximum absolute atomic E-state index is 14.3. The third-order valence-electron chi connectivity index (χ3n) is 10.2. The van der Waals surface area contributed by atoms with E-state index in [1.54, 1.807) is 12.1 Å². The van der Waals surface area contributed by atoms with Crippen LogP contribution in [0.5, 0.6) is 5.75 Å². The monoisotopic (exact) mass is 834 g/mol. The molecule has 10 heteroatoms. The minimum Gasteiger partial charge on any atom is -0.491 e. The summed E-state index contributed by atoms with van der Waals surface area (Å²) in [6, 6.07) is 55.0. The summed E-state index contributed by atoms with van der Waals surface area (Å²) in [5.41, 5.74) is 4.16. The fourth-order valence-electron chi connectivity index (χ4n) is 6.91. The molecule has 2 N–H and O–H groups in total. The van der Waals surface area contributed by atoms with E-state index in [0.29, 0.717) is 11.3 Å². The highest BCUT2D eigenvalue weighted by atomic mass is 28.3. The van der Waals surface area contributed by atoms with Crippen LogP contribution < -0.4 is 15.4 Å². The molecule has 2 atom stereocenters. The van der Waals surface area contributed by atoms with Gasteiger partial charge in [0.25, 0.3) is 0 Å². The van der Waals surface area contributed by atoms with Gasteiger partial charge in [-0.25, -0.2) is 9.59 Å². The molecule has 314 valence electrons. The Morgan fingerprint density at radius 1 is 0.541 bits per heavy atom. The molecule has 0 radical (unpaired) electrons. The van der Waals surface area contributed by atoms with E-state index >= 15 is 0 Å². The summed E-state index contributed by atoms with van der Waals surface area (Å²) in [7, 11) is -1.49. The smallest absolute Gasteiger partial charge is 0.408 e. The second-order valence-electron chi connectivity index (χ2n) is 16.0. The molecule has 0 fully saturated rings. The minimum atomic E-state index is -1.49. The van der Waals surface area contributed by atoms with Crippen molar-refractivity contribution in [3.05, 3.63) is 209 Å². The number of hydrogen-bond acceptors (Lipinski definition) is 8. The summed E-state index contributed by atoms with van der Waals surface area (Å²) >= 11 is 0. The van der Waals surface area contributed by atoms with E-state index in [4.69, 9.17) is 18.9 Å². The molecule has 0 spiro atoms. The van der Waals surface area contributed by atoms with Gasteiger partial charge in [0.1, 0.15) is 37.7 Å². The Bertz CT molecular complexity index is 2180. The van der Waals surface area contributed by atoms with E-state index in [-0.39, 0.29) is 32.8 Å². The number of ether oxygens (including phenoxy) is 4. The van der Waals surface area contributed by atoms with Gasteiger partial charge < -0.3 is 24.3 Å². The molecule has 0 aromatic heterocycles. The Labute approximate surface area is 360 Å². The van der Waals surface area contributed by atoms with Crippen LogP contribution in [-0.4, -0.2) is 51.4 Å². The van der Waals surface area contributed by atoms with Crippen molar-refractivity contribution >= 4 is 26.1 Å². The standard InChI is InChI=1S/C51H54N2O7Si/c1-61(2,3)33-32-57-48(54)46(52-50(56)60-37-40-22-11-5-12-23-40)35-41-24-19-31-45(34-41)58-38-47(49(55)59-36-39-20-9-4-10-21-39)53-51(42-25-13-6-14-26-42,43-27-15-7-16-28-43)44-29-17-8-18-30-44/h4-31,34,46-47,53H,32-33,35-38H2,1-3H3,(H,52,56)/t46-,47-/m0/s1. The molecule has 0 aliphatic rings. The number of esters is 2. The Hall–Kier alpha value is -6.49. The summed E-state index contributed by atoms with van der Waals surface area (Å²) in [6.07, 6.45) is -0.617. The van der Waals surface area contributed by atoms with E-state index < -0.39 is 43.7 Å². The molecule has 0 aliphatic carbocycles. The van der Waals surface area contributed by atoms with Crippen LogP contribution in [0.2, 0.25) is 25.7 Å².